The number of nitrogens with zero attached hydrogens (tertiary/aromatic N) is 1. The van der Waals surface area contributed by atoms with E-state index in [1.807, 2.05) is 6.92 Å². The Kier molecular flexibility index (Phi) is 2.08. The average molecular weight is 170 g/mol. The molecule has 1 fully saturated rings. The van der Waals surface area contributed by atoms with Crippen LogP contribution in [0.5, 0.6) is 0 Å². The maximum Gasteiger partial charge on any atom is 0.324 e. The van der Waals surface area contributed by atoms with Gasteiger partial charge in [0.15, 0.2) is 0 Å². The highest BCUT2D eigenvalue weighted by atomic mass is 16.2. The summed E-state index contributed by atoms with van der Waals surface area (Å²) in [7, 11) is 1.50. The zero-order valence-corrected chi connectivity index (χ0v) is 7.68. The van der Waals surface area contributed by atoms with Gasteiger partial charge in [-0.2, -0.15) is 0 Å². The van der Waals surface area contributed by atoms with Gasteiger partial charge >= 0.3 is 6.03 Å². The van der Waals surface area contributed by atoms with Crippen LogP contribution in [-0.4, -0.2) is 29.4 Å². The van der Waals surface area contributed by atoms with Crippen LogP contribution in [0.1, 0.15) is 26.7 Å². The Morgan fingerprint density at radius 3 is 2.42 bits per heavy atom. The molecule has 1 aliphatic rings. The van der Waals surface area contributed by atoms with Crippen LogP contribution in [0.15, 0.2) is 0 Å². The van der Waals surface area contributed by atoms with Gasteiger partial charge in [-0.3, -0.25) is 9.69 Å². The molecule has 12 heavy (non-hydrogen) atoms. The summed E-state index contributed by atoms with van der Waals surface area (Å²) in [6.07, 6.45) is 1.58. The number of imide groups is 1. The third-order valence-electron chi connectivity index (χ3n) is 2.21. The Labute approximate surface area is 71.9 Å². The van der Waals surface area contributed by atoms with Gasteiger partial charge < -0.3 is 5.32 Å². The maximum atomic E-state index is 11.5. The summed E-state index contributed by atoms with van der Waals surface area (Å²) in [6, 6.07) is -0.295. The third-order valence-corrected chi connectivity index (χ3v) is 2.21. The van der Waals surface area contributed by atoms with Crippen LogP contribution in [0, 0.1) is 0 Å². The van der Waals surface area contributed by atoms with Gasteiger partial charge in [0.05, 0.1) is 0 Å². The third kappa shape index (κ3) is 1.17. The number of amides is 3. The Bertz CT molecular complexity index is 227. The highest BCUT2D eigenvalue weighted by Crippen LogP contribution is 2.20. The predicted molar refractivity (Wildman–Crippen MR) is 44.6 cm³/mol. The van der Waals surface area contributed by atoms with Gasteiger partial charge in [0.1, 0.15) is 5.54 Å². The molecule has 0 unspecified atom stereocenters. The van der Waals surface area contributed by atoms with Gasteiger partial charge in [0.25, 0.3) is 5.91 Å². The predicted octanol–water partition coefficient (Wildman–Crippen LogP) is 0.727. The molecule has 1 aliphatic heterocycles. The number of likely N-dealkylation sites (N-methyl/N-ethyl adjacent to an activating group) is 1. The lowest BCUT2D eigenvalue weighted by Crippen LogP contribution is -2.43. The van der Waals surface area contributed by atoms with Crippen molar-refractivity contribution in [1.29, 1.82) is 0 Å². The fourth-order valence-electron chi connectivity index (χ4n) is 1.51. The molecule has 0 radical (unpaired) electrons. The average Bonchev–Trinajstić information content (AvgIpc) is 2.17. The minimum atomic E-state index is -0.666. The van der Waals surface area contributed by atoms with E-state index in [1.54, 1.807) is 6.92 Å². The molecule has 1 N–H and O–H groups in total. The van der Waals surface area contributed by atoms with E-state index < -0.39 is 5.54 Å². The first-order valence-corrected chi connectivity index (χ1v) is 4.11. The number of hydrogen-bond acceptors (Lipinski definition) is 2. The lowest BCUT2D eigenvalue weighted by molar-refractivity contribution is -0.130. The second-order valence-electron chi connectivity index (χ2n) is 3.38. The van der Waals surface area contributed by atoms with Crippen molar-refractivity contribution in [2.45, 2.75) is 32.2 Å². The van der Waals surface area contributed by atoms with Gasteiger partial charge in [-0.1, -0.05) is 13.3 Å². The number of urea groups is 1. The largest absolute Gasteiger partial charge is 0.324 e. The molecule has 1 atom stereocenters. The topological polar surface area (TPSA) is 49.4 Å². The summed E-state index contributed by atoms with van der Waals surface area (Å²) < 4.78 is 0. The molecule has 1 heterocycles. The Balaban J connectivity index is 2.82. The first kappa shape index (κ1) is 9.03. The maximum absolute atomic E-state index is 11.5. The van der Waals surface area contributed by atoms with E-state index in [2.05, 4.69) is 5.32 Å². The molecule has 0 bridgehead atoms. The molecule has 0 aromatic heterocycles. The summed E-state index contributed by atoms with van der Waals surface area (Å²) in [6.45, 7) is 3.75. The molecule has 0 spiro atoms. The van der Waals surface area contributed by atoms with Crippen molar-refractivity contribution in [2.75, 3.05) is 7.05 Å². The summed E-state index contributed by atoms with van der Waals surface area (Å²) in [5, 5.41) is 2.67. The standard InChI is InChI=1S/C8H14N2O2/c1-4-5-8(2)6(11)10(3)7(12)9-8/h4-5H2,1-3H3,(H,9,12)/t8-/m1/s1. The van der Waals surface area contributed by atoms with E-state index in [1.165, 1.54) is 7.05 Å². The molecule has 4 heteroatoms. The Hall–Kier alpha value is -1.06. The van der Waals surface area contributed by atoms with Crippen molar-refractivity contribution < 1.29 is 9.59 Å². The van der Waals surface area contributed by atoms with Gasteiger partial charge in [-0.05, 0) is 13.3 Å². The fourth-order valence-corrected chi connectivity index (χ4v) is 1.51. The van der Waals surface area contributed by atoms with Gasteiger partial charge in [-0.15, -0.1) is 0 Å². The molecule has 1 rings (SSSR count). The van der Waals surface area contributed by atoms with Crippen LogP contribution in [0.25, 0.3) is 0 Å². The minimum Gasteiger partial charge on any atom is -0.323 e. The van der Waals surface area contributed by atoms with Gasteiger partial charge in [0, 0.05) is 7.05 Å². The van der Waals surface area contributed by atoms with Crippen molar-refractivity contribution in [1.82, 2.24) is 10.2 Å². The number of nitrogens with one attached hydrogen (secondary N) is 1. The van der Waals surface area contributed by atoms with Crippen LogP contribution < -0.4 is 5.32 Å². The van der Waals surface area contributed by atoms with E-state index in [-0.39, 0.29) is 11.9 Å². The van der Waals surface area contributed by atoms with Crippen LogP contribution in [0.4, 0.5) is 4.79 Å². The highest BCUT2D eigenvalue weighted by molar-refractivity contribution is 6.06. The molecule has 4 nitrogen and oxygen atoms in total. The second-order valence-corrected chi connectivity index (χ2v) is 3.38. The normalized spacial score (nSPS) is 29.4. The number of hydrogen-bond donors (Lipinski definition) is 1. The monoisotopic (exact) mass is 170 g/mol. The zero-order valence-electron chi connectivity index (χ0n) is 7.68. The van der Waals surface area contributed by atoms with E-state index in [4.69, 9.17) is 0 Å². The number of carbonyl (C=O) groups is 2. The Morgan fingerprint density at radius 1 is 1.50 bits per heavy atom. The smallest absolute Gasteiger partial charge is 0.323 e. The van der Waals surface area contributed by atoms with E-state index in [0.29, 0.717) is 6.42 Å². The summed E-state index contributed by atoms with van der Waals surface area (Å²) >= 11 is 0. The minimum absolute atomic E-state index is 0.130. The van der Waals surface area contributed by atoms with Crippen molar-refractivity contribution in [2.24, 2.45) is 0 Å². The zero-order chi connectivity index (χ0) is 9.35. The van der Waals surface area contributed by atoms with Crippen molar-refractivity contribution in [3.8, 4) is 0 Å². The molecule has 0 aromatic rings. The summed E-state index contributed by atoms with van der Waals surface area (Å²) in [5.41, 5.74) is -0.666. The quantitative estimate of drug-likeness (QED) is 0.621. The molecule has 68 valence electrons. The lowest BCUT2D eigenvalue weighted by atomic mass is 9.97. The van der Waals surface area contributed by atoms with Crippen molar-refractivity contribution in [3.05, 3.63) is 0 Å². The lowest BCUT2D eigenvalue weighted by Gasteiger charge is -2.19. The first-order chi connectivity index (χ1) is 5.51. The van der Waals surface area contributed by atoms with Crippen LogP contribution in [0.3, 0.4) is 0 Å². The molecule has 1 saturated heterocycles. The fraction of sp³-hybridized carbons (Fsp3) is 0.750. The molecule has 0 aromatic carbocycles. The SMILES string of the molecule is CCC[C@@]1(C)NC(=O)N(C)C1=O. The highest BCUT2D eigenvalue weighted by Gasteiger charge is 2.44. The second kappa shape index (κ2) is 2.77. The number of carbonyl (C=O) groups excluding carboxylic acids is 2. The number of rotatable bonds is 2. The van der Waals surface area contributed by atoms with Crippen molar-refractivity contribution in [3.63, 3.8) is 0 Å². The van der Waals surface area contributed by atoms with Crippen LogP contribution in [0.2, 0.25) is 0 Å². The molecular formula is C8H14N2O2. The van der Waals surface area contributed by atoms with Gasteiger partial charge in [-0.25, -0.2) is 4.79 Å². The molecule has 0 aliphatic carbocycles. The Morgan fingerprint density at radius 2 is 2.08 bits per heavy atom. The van der Waals surface area contributed by atoms with E-state index in [9.17, 15) is 9.59 Å². The summed E-state index contributed by atoms with van der Waals surface area (Å²) in [5.74, 6) is -0.130. The molecule has 3 amide bonds. The van der Waals surface area contributed by atoms with E-state index in [0.717, 1.165) is 11.3 Å². The molecular weight excluding hydrogens is 156 g/mol. The van der Waals surface area contributed by atoms with Gasteiger partial charge in [0.2, 0.25) is 0 Å². The van der Waals surface area contributed by atoms with Crippen molar-refractivity contribution >= 4 is 11.9 Å². The van der Waals surface area contributed by atoms with E-state index >= 15 is 0 Å². The van der Waals surface area contributed by atoms with Crippen LogP contribution >= 0.6 is 0 Å². The molecule has 0 saturated carbocycles. The van der Waals surface area contributed by atoms with Crippen LogP contribution in [-0.2, 0) is 4.79 Å². The first-order valence-electron chi connectivity index (χ1n) is 4.11. The summed E-state index contributed by atoms with van der Waals surface area (Å²) in [4.78, 5) is 23.7.